The Kier molecular flexibility index (Phi) is 17.4. The molecule has 7 nitrogen and oxygen atoms in total. The van der Waals surface area contributed by atoms with Gasteiger partial charge in [0.15, 0.2) is 0 Å². The number of nitrogens with two attached hydrogens (primary N) is 1. The van der Waals surface area contributed by atoms with Crippen molar-refractivity contribution in [3.8, 4) is 0 Å². The lowest BCUT2D eigenvalue weighted by Crippen LogP contribution is -2.49. The van der Waals surface area contributed by atoms with Crippen LogP contribution in [0.3, 0.4) is 0 Å². The minimum absolute atomic E-state index is 0.0543. The number of rotatable bonds is 3. The Morgan fingerprint density at radius 2 is 1.32 bits per heavy atom. The maximum atomic E-state index is 13.0. The number of anilines is 2. The van der Waals surface area contributed by atoms with Crippen LogP contribution in [0.1, 0.15) is 46.5 Å². The smallest absolute Gasteiger partial charge is 0.444 e. The molecule has 14 heteroatoms. The maximum absolute atomic E-state index is 13.0. The molecule has 0 aliphatic carbocycles. The van der Waals surface area contributed by atoms with Gasteiger partial charge in [0.2, 0.25) is 6.29 Å². The molecule has 2 aliphatic rings. The van der Waals surface area contributed by atoms with Crippen LogP contribution in [0.25, 0.3) is 0 Å². The third kappa shape index (κ3) is 17.5. The molecule has 2 atom stereocenters. The molecule has 2 unspecified atom stereocenters. The van der Waals surface area contributed by atoms with Gasteiger partial charge in [0.25, 0.3) is 0 Å². The first kappa shape index (κ1) is 39.2. The van der Waals surface area contributed by atoms with Gasteiger partial charge in [-0.15, -0.1) is 23.2 Å². The van der Waals surface area contributed by atoms with Crippen molar-refractivity contribution >= 4 is 47.0 Å². The number of halogens is 7. The number of alkyl carbamates (subject to hydrolysis) is 1. The van der Waals surface area contributed by atoms with Gasteiger partial charge in [-0.1, -0.05) is 0 Å². The predicted octanol–water partition coefficient (Wildman–Crippen LogP) is 7.24. The highest BCUT2D eigenvalue weighted by Crippen LogP contribution is 2.21. The van der Waals surface area contributed by atoms with Gasteiger partial charge in [0.1, 0.15) is 17.2 Å². The summed E-state index contributed by atoms with van der Waals surface area (Å²) in [7, 11) is 0. The van der Waals surface area contributed by atoms with Crippen molar-refractivity contribution in [3.63, 3.8) is 0 Å². The number of ether oxygens (including phenoxy) is 1. The average molecular weight is 672 g/mol. The van der Waals surface area contributed by atoms with E-state index < -0.39 is 18.1 Å². The fourth-order valence-corrected chi connectivity index (χ4v) is 4.35. The van der Waals surface area contributed by atoms with Crippen molar-refractivity contribution in [3.05, 3.63) is 60.2 Å². The van der Waals surface area contributed by atoms with E-state index in [2.05, 4.69) is 15.1 Å². The van der Waals surface area contributed by atoms with E-state index in [-0.39, 0.29) is 35.2 Å². The number of piperidine rings is 2. The number of hydrogen-bond donors (Lipinski definition) is 2. The molecule has 2 aliphatic heterocycles. The lowest BCUT2D eigenvalue weighted by Gasteiger charge is -2.35. The Morgan fingerprint density at radius 3 is 1.70 bits per heavy atom. The van der Waals surface area contributed by atoms with E-state index in [1.165, 1.54) is 24.3 Å². The van der Waals surface area contributed by atoms with Gasteiger partial charge < -0.3 is 25.6 Å². The van der Waals surface area contributed by atoms with E-state index in [1.54, 1.807) is 12.1 Å². The number of nitrogens with one attached hydrogen (secondary N) is 1. The second-order valence-electron chi connectivity index (χ2n) is 11.0. The summed E-state index contributed by atoms with van der Waals surface area (Å²) < 4.78 is 62.2. The monoisotopic (exact) mass is 670 g/mol. The van der Waals surface area contributed by atoms with Gasteiger partial charge in [-0.3, -0.25) is 4.79 Å². The van der Waals surface area contributed by atoms with Crippen LogP contribution in [0.2, 0.25) is 0 Å². The van der Waals surface area contributed by atoms with Crippen molar-refractivity contribution in [1.82, 2.24) is 5.32 Å². The topological polar surface area (TPSA) is 87.9 Å². The lowest BCUT2D eigenvalue weighted by atomic mass is 10.1. The van der Waals surface area contributed by atoms with Crippen LogP contribution < -0.4 is 20.9 Å². The minimum atomic E-state index is -4.64. The molecule has 44 heavy (non-hydrogen) atoms. The standard InChI is InChI=1S/C16H23FN2O2.C11H15FN2.C2HF3O.CH2Cl2/c1-16(2,3)21-15(20)18-13-5-4-10-19(11-13)14-8-6-12(17)7-9-14;12-9-3-5-11(6-4-9)14-7-1-2-10(13)8-14;3-2(4,5)1-6;2-1-3/h6-9,13H,4-5,10-11H2,1-3H3,(H,18,20);3-6,10H,1-2,7-8,13H2;1H;1H2. The molecule has 2 fully saturated rings. The van der Waals surface area contributed by atoms with E-state index in [9.17, 15) is 26.7 Å². The fraction of sp³-hybridized carbons (Fsp3) is 0.533. The summed E-state index contributed by atoms with van der Waals surface area (Å²) in [6, 6.07) is 13.4. The van der Waals surface area contributed by atoms with Crippen molar-refractivity contribution < 1.29 is 36.3 Å². The van der Waals surface area contributed by atoms with Crippen molar-refractivity contribution in [2.75, 3.05) is 41.3 Å². The number of nitrogens with zero attached hydrogens (tertiary/aromatic N) is 2. The SMILES string of the molecule is CC(C)(C)OC(=O)NC1CCCN(c2ccc(F)cc2)C1.ClCCl.NC1CCCN(c2ccc(F)cc2)C1.O=CC(F)(F)F. The Hall–Kier alpha value is -2.83. The molecule has 0 saturated carbocycles. The van der Waals surface area contributed by atoms with Crippen LogP contribution in [0, 0.1) is 11.6 Å². The van der Waals surface area contributed by atoms with Gasteiger partial charge in [-0.2, -0.15) is 13.2 Å². The van der Waals surface area contributed by atoms with E-state index in [4.69, 9.17) is 38.5 Å². The molecule has 0 radical (unpaired) electrons. The summed E-state index contributed by atoms with van der Waals surface area (Å²) in [6.45, 7) is 9.07. The molecule has 0 spiro atoms. The normalized spacial score (nSPS) is 18.2. The van der Waals surface area contributed by atoms with Crippen LogP contribution in [0.4, 0.5) is 38.1 Å². The molecule has 2 saturated heterocycles. The predicted molar refractivity (Wildman–Crippen MR) is 166 cm³/mol. The summed E-state index contributed by atoms with van der Waals surface area (Å²) in [4.78, 5) is 24.9. The molecule has 248 valence electrons. The first-order valence-corrected chi connectivity index (χ1v) is 15.0. The van der Waals surface area contributed by atoms with Gasteiger partial charge in [-0.25, -0.2) is 13.6 Å². The number of carbonyl (C=O) groups is 2. The minimum Gasteiger partial charge on any atom is -0.444 e. The Morgan fingerprint density at radius 1 is 0.909 bits per heavy atom. The number of benzene rings is 2. The highest BCUT2D eigenvalue weighted by atomic mass is 35.5. The molecule has 1 amide bonds. The van der Waals surface area contributed by atoms with Gasteiger partial charge in [-0.05, 0) is 95.0 Å². The fourth-order valence-electron chi connectivity index (χ4n) is 4.35. The molecule has 0 aromatic heterocycles. The molecular formula is C30H41Cl2F5N4O3. The van der Waals surface area contributed by atoms with Gasteiger partial charge in [0.05, 0.1) is 5.34 Å². The molecule has 2 aromatic carbocycles. The maximum Gasteiger partial charge on any atom is 0.446 e. The Balaban J connectivity index is 0.000000360. The van der Waals surface area contributed by atoms with Crippen LogP contribution in [-0.4, -0.2) is 67.8 Å². The summed E-state index contributed by atoms with van der Waals surface area (Å²) in [5.41, 5.74) is 7.44. The Labute approximate surface area is 265 Å². The lowest BCUT2D eigenvalue weighted by molar-refractivity contribution is -0.156. The first-order chi connectivity index (χ1) is 20.6. The Bertz CT molecular complexity index is 1100. The van der Waals surface area contributed by atoms with Crippen LogP contribution >= 0.6 is 23.2 Å². The molecule has 2 aromatic rings. The zero-order chi connectivity index (χ0) is 33.3. The van der Waals surface area contributed by atoms with E-state index in [0.29, 0.717) is 6.54 Å². The number of aldehydes is 1. The van der Waals surface area contributed by atoms with E-state index in [1.807, 2.05) is 32.9 Å². The van der Waals surface area contributed by atoms with E-state index >= 15 is 0 Å². The zero-order valence-corrected chi connectivity index (χ0v) is 26.6. The summed E-state index contributed by atoms with van der Waals surface area (Å²) in [5, 5.41) is 3.10. The molecular weight excluding hydrogens is 630 g/mol. The molecule has 4 rings (SSSR count). The number of alkyl halides is 5. The summed E-state index contributed by atoms with van der Waals surface area (Å²) in [6.07, 6.45) is -1.95. The van der Waals surface area contributed by atoms with Crippen LogP contribution in [0.5, 0.6) is 0 Å². The molecule has 0 bridgehead atoms. The number of carbonyl (C=O) groups excluding carboxylic acids is 2. The van der Waals surface area contributed by atoms with Crippen molar-refractivity contribution in [2.45, 2.75) is 70.3 Å². The van der Waals surface area contributed by atoms with Crippen molar-refractivity contribution in [2.24, 2.45) is 5.73 Å². The zero-order valence-electron chi connectivity index (χ0n) is 25.1. The summed E-state index contributed by atoms with van der Waals surface area (Å²) >= 11 is 9.53. The third-order valence-corrected chi connectivity index (χ3v) is 6.12. The van der Waals surface area contributed by atoms with E-state index in [0.717, 1.165) is 56.7 Å². The van der Waals surface area contributed by atoms with Gasteiger partial charge >= 0.3 is 12.3 Å². The molecule has 2 heterocycles. The second kappa shape index (κ2) is 19.5. The highest BCUT2D eigenvalue weighted by Gasteiger charge is 2.25. The number of amides is 1. The quantitative estimate of drug-likeness (QED) is 0.203. The molecule has 3 N–H and O–H groups in total. The average Bonchev–Trinajstić information content (AvgIpc) is 2.94. The first-order valence-electron chi connectivity index (χ1n) is 14.0. The highest BCUT2D eigenvalue weighted by molar-refractivity contribution is 6.40. The number of hydrogen-bond acceptors (Lipinski definition) is 6. The van der Waals surface area contributed by atoms with Crippen LogP contribution in [0.15, 0.2) is 48.5 Å². The summed E-state index contributed by atoms with van der Waals surface area (Å²) in [5.74, 6) is -0.422. The third-order valence-electron chi connectivity index (χ3n) is 6.12. The largest absolute Gasteiger partial charge is 0.446 e. The second-order valence-corrected chi connectivity index (χ2v) is 11.8. The van der Waals surface area contributed by atoms with Gasteiger partial charge in [0, 0.05) is 49.6 Å². The van der Waals surface area contributed by atoms with Crippen LogP contribution in [-0.2, 0) is 9.53 Å². The van der Waals surface area contributed by atoms with Crippen molar-refractivity contribution in [1.29, 1.82) is 0 Å².